The van der Waals surface area contributed by atoms with Gasteiger partial charge in [0.25, 0.3) is 5.91 Å². The van der Waals surface area contributed by atoms with E-state index in [1.807, 2.05) is 13.8 Å². The van der Waals surface area contributed by atoms with Gasteiger partial charge in [-0.2, -0.15) is 0 Å². The van der Waals surface area contributed by atoms with Gasteiger partial charge in [0.05, 0.1) is 29.3 Å². The van der Waals surface area contributed by atoms with E-state index in [-0.39, 0.29) is 18.1 Å². The molecule has 2 atom stereocenters. The van der Waals surface area contributed by atoms with Crippen molar-refractivity contribution >= 4 is 22.4 Å². The third kappa shape index (κ3) is 4.83. The number of nitrogens with zero attached hydrogens (tertiary/aromatic N) is 4. The van der Waals surface area contributed by atoms with Crippen LogP contribution < -0.4 is 10.2 Å². The van der Waals surface area contributed by atoms with Crippen LogP contribution in [0.1, 0.15) is 53.1 Å². The Hall–Kier alpha value is -2.78. The second-order valence-corrected chi connectivity index (χ2v) is 9.37. The first-order chi connectivity index (χ1) is 15.2. The van der Waals surface area contributed by atoms with Crippen molar-refractivity contribution in [3.8, 4) is 10.4 Å². The Labute approximate surface area is 192 Å². The van der Waals surface area contributed by atoms with E-state index in [9.17, 15) is 4.79 Å². The van der Waals surface area contributed by atoms with Crippen LogP contribution >= 0.6 is 11.3 Å². The first kappa shape index (κ1) is 22.4. The molecule has 0 radical (unpaired) electrons. The number of carbonyl (C=O) groups is 1. The minimum Gasteiger partial charge on any atom is -0.445 e. The Morgan fingerprint density at radius 2 is 1.75 bits per heavy atom. The van der Waals surface area contributed by atoms with Crippen molar-refractivity contribution < 1.29 is 13.9 Å². The summed E-state index contributed by atoms with van der Waals surface area (Å²) in [5.74, 6) is 0.717. The number of morpholine rings is 1. The molecule has 1 amide bonds. The first-order valence-electron chi connectivity index (χ1n) is 10.8. The van der Waals surface area contributed by atoms with E-state index < -0.39 is 0 Å². The maximum atomic E-state index is 12.7. The highest BCUT2D eigenvalue weighted by atomic mass is 32.1. The van der Waals surface area contributed by atoms with E-state index >= 15 is 0 Å². The topological polar surface area (TPSA) is 93.4 Å². The maximum absolute atomic E-state index is 12.7. The largest absolute Gasteiger partial charge is 0.445 e. The molecule has 0 aliphatic carbocycles. The number of aryl methyl sites for hydroxylation is 4. The van der Waals surface area contributed by atoms with Gasteiger partial charge in [-0.25, -0.2) is 9.97 Å². The third-order valence-corrected chi connectivity index (χ3v) is 6.46. The Balaban J connectivity index is 1.65. The lowest BCUT2D eigenvalue weighted by Gasteiger charge is -2.35. The summed E-state index contributed by atoms with van der Waals surface area (Å²) in [6.07, 6.45) is 0.274. The summed E-state index contributed by atoms with van der Waals surface area (Å²) in [6, 6.07) is 4.12. The number of anilines is 1. The minimum atomic E-state index is -0.268. The maximum Gasteiger partial charge on any atom is 0.273 e. The summed E-state index contributed by atoms with van der Waals surface area (Å²) in [7, 11) is 0. The smallest absolute Gasteiger partial charge is 0.273 e. The number of amides is 1. The average Bonchev–Trinajstić information content (AvgIpc) is 3.27. The van der Waals surface area contributed by atoms with Crippen molar-refractivity contribution in [1.29, 1.82) is 0 Å². The van der Waals surface area contributed by atoms with Crippen LogP contribution in [0.3, 0.4) is 0 Å². The number of oxazole rings is 1. The molecular weight excluding hydrogens is 426 g/mol. The van der Waals surface area contributed by atoms with Gasteiger partial charge in [0.15, 0.2) is 16.7 Å². The van der Waals surface area contributed by atoms with E-state index in [1.165, 1.54) is 0 Å². The molecular formula is C23H29N5O3S. The molecule has 9 heteroatoms. The number of nitrogens with one attached hydrogen (secondary N) is 1. The number of thiazole rings is 1. The van der Waals surface area contributed by atoms with E-state index in [2.05, 4.69) is 46.2 Å². The summed E-state index contributed by atoms with van der Waals surface area (Å²) in [4.78, 5) is 29.6. The molecule has 1 aliphatic heterocycles. The third-order valence-electron chi connectivity index (χ3n) is 5.25. The Morgan fingerprint density at radius 1 is 1.09 bits per heavy atom. The van der Waals surface area contributed by atoms with E-state index in [1.54, 1.807) is 25.2 Å². The number of rotatable bonds is 5. The molecule has 0 saturated carbocycles. The molecule has 1 aliphatic rings. The van der Waals surface area contributed by atoms with Crippen LogP contribution in [-0.2, 0) is 11.3 Å². The monoisotopic (exact) mass is 455 g/mol. The summed E-state index contributed by atoms with van der Waals surface area (Å²) in [6.45, 7) is 13.5. The van der Waals surface area contributed by atoms with Crippen LogP contribution in [0.25, 0.3) is 10.4 Å². The zero-order valence-corrected chi connectivity index (χ0v) is 20.2. The normalized spacial score (nSPS) is 18.8. The van der Waals surface area contributed by atoms with Crippen molar-refractivity contribution in [1.82, 2.24) is 20.3 Å². The molecule has 4 heterocycles. The van der Waals surface area contributed by atoms with Crippen molar-refractivity contribution in [2.45, 2.75) is 60.3 Å². The lowest BCUT2D eigenvalue weighted by atomic mass is 10.1. The van der Waals surface area contributed by atoms with Gasteiger partial charge in [-0.15, -0.1) is 0 Å². The summed E-state index contributed by atoms with van der Waals surface area (Å²) < 4.78 is 11.3. The van der Waals surface area contributed by atoms with Gasteiger partial charge in [-0.1, -0.05) is 11.3 Å². The van der Waals surface area contributed by atoms with Crippen LogP contribution in [0.5, 0.6) is 0 Å². The molecule has 1 saturated heterocycles. The van der Waals surface area contributed by atoms with Crippen LogP contribution in [-0.4, -0.2) is 46.2 Å². The zero-order valence-electron chi connectivity index (χ0n) is 19.4. The van der Waals surface area contributed by atoms with Gasteiger partial charge < -0.3 is 19.4 Å². The van der Waals surface area contributed by atoms with Gasteiger partial charge in [0, 0.05) is 31.4 Å². The van der Waals surface area contributed by atoms with Crippen LogP contribution in [0.4, 0.5) is 5.13 Å². The summed E-state index contributed by atoms with van der Waals surface area (Å²) >= 11 is 1.64. The summed E-state index contributed by atoms with van der Waals surface area (Å²) in [5.41, 5.74) is 4.10. The predicted octanol–water partition coefficient (Wildman–Crippen LogP) is 3.97. The fourth-order valence-electron chi connectivity index (χ4n) is 4.11. The SMILES string of the molecule is Cc1cc(-c2sc(N3C[C@@H](C)O[C@@H](C)C3)nc2CNC(=O)c2nc(C)oc2C)cc(C)n1. The molecule has 8 nitrogen and oxygen atoms in total. The Kier molecular flexibility index (Phi) is 6.30. The number of pyridine rings is 1. The molecule has 32 heavy (non-hydrogen) atoms. The van der Waals surface area contributed by atoms with Crippen molar-refractivity contribution in [2.75, 3.05) is 18.0 Å². The number of hydrogen-bond donors (Lipinski definition) is 1. The lowest BCUT2D eigenvalue weighted by Crippen LogP contribution is -2.45. The average molecular weight is 456 g/mol. The zero-order chi connectivity index (χ0) is 23.0. The number of ether oxygens (including phenoxy) is 1. The molecule has 1 N–H and O–H groups in total. The van der Waals surface area contributed by atoms with Gasteiger partial charge in [0.1, 0.15) is 5.76 Å². The van der Waals surface area contributed by atoms with Crippen molar-refractivity contribution in [2.24, 2.45) is 0 Å². The highest BCUT2D eigenvalue weighted by molar-refractivity contribution is 7.19. The molecule has 4 rings (SSSR count). The lowest BCUT2D eigenvalue weighted by molar-refractivity contribution is -0.00523. The highest BCUT2D eigenvalue weighted by Gasteiger charge is 2.26. The second-order valence-electron chi connectivity index (χ2n) is 8.39. The highest BCUT2D eigenvalue weighted by Crippen LogP contribution is 2.36. The van der Waals surface area contributed by atoms with Crippen molar-refractivity contribution in [3.63, 3.8) is 0 Å². The quantitative estimate of drug-likeness (QED) is 0.622. The van der Waals surface area contributed by atoms with E-state index in [0.29, 0.717) is 23.9 Å². The molecule has 1 fully saturated rings. The van der Waals surface area contributed by atoms with E-state index in [0.717, 1.165) is 45.7 Å². The van der Waals surface area contributed by atoms with Gasteiger partial charge in [-0.05, 0) is 52.3 Å². The van der Waals surface area contributed by atoms with Crippen molar-refractivity contribution in [3.05, 3.63) is 46.6 Å². The molecule has 3 aromatic rings. The van der Waals surface area contributed by atoms with E-state index in [4.69, 9.17) is 14.1 Å². The van der Waals surface area contributed by atoms with Crippen LogP contribution in [0.2, 0.25) is 0 Å². The van der Waals surface area contributed by atoms with Crippen LogP contribution in [0.15, 0.2) is 16.5 Å². The van der Waals surface area contributed by atoms with Crippen LogP contribution in [0, 0.1) is 27.7 Å². The predicted molar refractivity (Wildman–Crippen MR) is 124 cm³/mol. The Bertz CT molecular complexity index is 1110. The number of carbonyl (C=O) groups excluding carboxylic acids is 1. The molecule has 0 bridgehead atoms. The minimum absolute atomic E-state index is 0.137. The fourth-order valence-corrected chi connectivity index (χ4v) is 5.19. The number of aromatic nitrogens is 3. The van der Waals surface area contributed by atoms with Gasteiger partial charge in [-0.3, -0.25) is 9.78 Å². The Morgan fingerprint density at radius 3 is 2.34 bits per heavy atom. The summed E-state index contributed by atoms with van der Waals surface area (Å²) in [5, 5.41) is 3.90. The first-order valence-corrected chi connectivity index (χ1v) is 11.6. The fraction of sp³-hybridized carbons (Fsp3) is 0.478. The second kappa shape index (κ2) is 8.99. The molecule has 0 spiro atoms. The van der Waals surface area contributed by atoms with Gasteiger partial charge >= 0.3 is 0 Å². The molecule has 0 unspecified atom stereocenters. The standard InChI is InChI=1S/C23H29N5O3S/c1-12-7-18(8-13(2)25-12)21-19(9-24-22(29)20-16(5)31-17(6)26-20)27-23(32-21)28-10-14(3)30-15(4)11-28/h7-8,14-15H,9-11H2,1-6H3,(H,24,29)/t14-,15+. The molecule has 170 valence electrons. The molecule has 3 aromatic heterocycles. The number of hydrogen-bond acceptors (Lipinski definition) is 8. The van der Waals surface area contributed by atoms with Gasteiger partial charge in [0.2, 0.25) is 0 Å². The molecule has 0 aromatic carbocycles.